The lowest BCUT2D eigenvalue weighted by Crippen LogP contribution is -1.96. The van der Waals surface area contributed by atoms with Gasteiger partial charge < -0.3 is 9.30 Å². The number of rotatable bonds is 5. The summed E-state index contributed by atoms with van der Waals surface area (Å²) in [5.41, 5.74) is 3.81. The van der Waals surface area contributed by atoms with E-state index in [9.17, 15) is 4.79 Å². The van der Waals surface area contributed by atoms with Gasteiger partial charge in [0.2, 0.25) is 0 Å². The van der Waals surface area contributed by atoms with E-state index in [1.165, 1.54) is 23.9 Å². The molecule has 0 bridgehead atoms. The molecule has 1 rings (SSSR count). The van der Waals surface area contributed by atoms with Gasteiger partial charge in [0.15, 0.2) is 0 Å². The van der Waals surface area contributed by atoms with Crippen molar-refractivity contribution in [3.05, 3.63) is 29.1 Å². The van der Waals surface area contributed by atoms with Crippen molar-refractivity contribution in [2.24, 2.45) is 7.05 Å². The summed E-state index contributed by atoms with van der Waals surface area (Å²) in [5, 5.41) is 0. The third-order valence-corrected chi connectivity index (χ3v) is 2.93. The zero-order valence-electron chi connectivity index (χ0n) is 14.3. The monoisotopic (exact) mass is 291 g/mol. The third kappa shape index (κ3) is 7.41. The molecule has 21 heavy (non-hydrogen) atoms. The van der Waals surface area contributed by atoms with Crippen LogP contribution in [0.1, 0.15) is 50.4 Å². The first-order chi connectivity index (χ1) is 10.1. The van der Waals surface area contributed by atoms with Crippen molar-refractivity contribution in [2.75, 3.05) is 7.11 Å². The number of carbonyl (C=O) groups excluding carboxylic acids is 1. The van der Waals surface area contributed by atoms with E-state index in [0.29, 0.717) is 6.42 Å². The van der Waals surface area contributed by atoms with Crippen molar-refractivity contribution in [2.45, 2.75) is 47.0 Å². The van der Waals surface area contributed by atoms with Crippen LogP contribution in [0, 0.1) is 19.8 Å². The van der Waals surface area contributed by atoms with E-state index >= 15 is 0 Å². The molecule has 0 saturated heterocycles. The Kier molecular flexibility index (Phi) is 13.3. The zero-order valence-corrected chi connectivity index (χ0v) is 14.3. The smallest absolute Gasteiger partial charge is 0.309 e. The van der Waals surface area contributed by atoms with Crippen LogP contribution in [0.4, 0.5) is 0 Å². The minimum atomic E-state index is -0.202. The van der Waals surface area contributed by atoms with Crippen LogP contribution in [-0.2, 0) is 23.0 Å². The van der Waals surface area contributed by atoms with Crippen molar-refractivity contribution in [1.29, 1.82) is 0 Å². The first-order valence-electron chi connectivity index (χ1n) is 7.31. The second kappa shape index (κ2) is 13.1. The van der Waals surface area contributed by atoms with Gasteiger partial charge in [-0.1, -0.05) is 39.3 Å². The van der Waals surface area contributed by atoms with Gasteiger partial charge in [0, 0.05) is 18.9 Å². The Hall–Kier alpha value is -1.95. The second-order valence-electron chi connectivity index (χ2n) is 4.20. The molecule has 0 aliphatic rings. The van der Waals surface area contributed by atoms with Gasteiger partial charge in [0.25, 0.3) is 0 Å². The molecule has 0 aliphatic carbocycles. The lowest BCUT2D eigenvalue weighted by atomic mass is 10.1. The number of methoxy groups -OCH3 is 1. The maximum atomic E-state index is 11.0. The summed E-state index contributed by atoms with van der Waals surface area (Å²) in [6, 6.07) is 0. The number of esters is 1. The fraction of sp³-hybridized carbons (Fsp3) is 0.500. The van der Waals surface area contributed by atoms with Crippen LogP contribution in [0.2, 0.25) is 0 Å². The maximum absolute atomic E-state index is 11.0. The van der Waals surface area contributed by atoms with Crippen molar-refractivity contribution in [3.8, 4) is 12.8 Å². The summed E-state index contributed by atoms with van der Waals surface area (Å²) < 4.78 is 6.73. The van der Waals surface area contributed by atoms with Crippen LogP contribution in [0.15, 0.2) is 12.3 Å². The highest BCUT2D eigenvalue weighted by Crippen LogP contribution is 2.19. The van der Waals surface area contributed by atoms with Crippen molar-refractivity contribution >= 4 is 12.0 Å². The van der Waals surface area contributed by atoms with E-state index in [2.05, 4.69) is 42.2 Å². The molecule has 0 spiro atoms. The first-order valence-corrected chi connectivity index (χ1v) is 7.31. The summed E-state index contributed by atoms with van der Waals surface area (Å²) in [5.74, 6) is -0.202. The first kappa shape index (κ1) is 21.4. The van der Waals surface area contributed by atoms with Gasteiger partial charge in [-0.25, -0.2) is 0 Å². The van der Waals surface area contributed by atoms with Crippen LogP contribution in [-0.4, -0.2) is 17.6 Å². The number of terminal acetylenes is 1. The minimum Gasteiger partial charge on any atom is -0.469 e. The SMILES string of the molecule is C#C.CC.CCCc1cn(C)c(C)c1/C=C\CC(=O)OC. The number of nitrogens with zero attached hydrogens (tertiary/aromatic N) is 1. The number of hydrogen-bond donors (Lipinski definition) is 0. The Morgan fingerprint density at radius 1 is 1.38 bits per heavy atom. The predicted molar refractivity (Wildman–Crippen MR) is 91.1 cm³/mol. The number of carbonyl (C=O) groups is 1. The molecule has 0 unspecified atom stereocenters. The lowest BCUT2D eigenvalue weighted by molar-refractivity contribution is -0.139. The molecular weight excluding hydrogens is 262 g/mol. The summed E-state index contributed by atoms with van der Waals surface area (Å²) >= 11 is 0. The largest absolute Gasteiger partial charge is 0.469 e. The molecule has 0 amide bonds. The molecular formula is C18H29NO2. The summed E-state index contributed by atoms with van der Waals surface area (Å²) in [7, 11) is 3.46. The van der Waals surface area contributed by atoms with Crippen molar-refractivity contribution in [3.63, 3.8) is 0 Å². The quantitative estimate of drug-likeness (QED) is 0.603. The highest BCUT2D eigenvalue weighted by atomic mass is 16.5. The average molecular weight is 291 g/mol. The van der Waals surface area contributed by atoms with Crippen LogP contribution < -0.4 is 0 Å². The molecule has 3 heteroatoms. The normalized spacial score (nSPS) is 9.33. The average Bonchev–Trinajstić information content (AvgIpc) is 2.79. The number of hydrogen-bond acceptors (Lipinski definition) is 2. The Balaban J connectivity index is 0. The van der Waals surface area contributed by atoms with E-state index in [1.807, 2.05) is 33.0 Å². The van der Waals surface area contributed by atoms with Crippen molar-refractivity contribution in [1.82, 2.24) is 4.57 Å². The summed E-state index contributed by atoms with van der Waals surface area (Å²) in [6.07, 6.45) is 16.6. The molecule has 1 heterocycles. The molecule has 0 N–H and O–H groups in total. The van der Waals surface area contributed by atoms with Crippen molar-refractivity contribution < 1.29 is 9.53 Å². The molecule has 1 aromatic heterocycles. The Bertz CT molecular complexity index is 453. The highest BCUT2D eigenvalue weighted by molar-refractivity contribution is 5.73. The van der Waals surface area contributed by atoms with Gasteiger partial charge in [0.05, 0.1) is 13.5 Å². The standard InChI is InChI=1S/C14H21NO2.C2H6.C2H2/c1-5-7-12-10-15(3)11(2)13(12)8-6-9-14(16)17-4;2*1-2/h6,8,10H,5,7,9H2,1-4H3;1-2H3;1-2H/b8-6-;;. The van der Waals surface area contributed by atoms with E-state index in [-0.39, 0.29) is 5.97 Å². The van der Waals surface area contributed by atoms with Crippen LogP contribution in [0.3, 0.4) is 0 Å². The molecule has 0 aliphatic heterocycles. The van der Waals surface area contributed by atoms with E-state index in [1.54, 1.807) is 0 Å². The molecule has 0 saturated carbocycles. The van der Waals surface area contributed by atoms with Gasteiger partial charge >= 0.3 is 5.97 Å². The molecule has 118 valence electrons. The fourth-order valence-corrected chi connectivity index (χ4v) is 1.88. The fourth-order valence-electron chi connectivity index (χ4n) is 1.88. The predicted octanol–water partition coefficient (Wildman–Crippen LogP) is 4.14. The number of aromatic nitrogens is 1. The summed E-state index contributed by atoms with van der Waals surface area (Å²) in [4.78, 5) is 11.0. The lowest BCUT2D eigenvalue weighted by Gasteiger charge is -1.99. The number of ether oxygens (including phenoxy) is 1. The van der Waals surface area contributed by atoms with Gasteiger partial charge in [-0.05, 0) is 24.5 Å². The molecule has 1 aromatic rings. The van der Waals surface area contributed by atoms with Crippen LogP contribution in [0.5, 0.6) is 0 Å². The van der Waals surface area contributed by atoms with Gasteiger partial charge in [-0.3, -0.25) is 4.79 Å². The van der Waals surface area contributed by atoms with Gasteiger partial charge in [-0.15, -0.1) is 12.8 Å². The zero-order chi connectivity index (χ0) is 16.8. The Labute approximate surface area is 130 Å². The van der Waals surface area contributed by atoms with E-state index in [0.717, 1.165) is 12.8 Å². The van der Waals surface area contributed by atoms with Crippen LogP contribution >= 0.6 is 0 Å². The van der Waals surface area contributed by atoms with E-state index in [4.69, 9.17) is 0 Å². The minimum absolute atomic E-state index is 0.202. The second-order valence-corrected chi connectivity index (χ2v) is 4.20. The highest BCUT2D eigenvalue weighted by Gasteiger charge is 2.07. The third-order valence-electron chi connectivity index (χ3n) is 2.93. The summed E-state index contributed by atoms with van der Waals surface area (Å²) in [6.45, 7) is 8.27. The van der Waals surface area contributed by atoms with Gasteiger partial charge in [0.1, 0.15) is 0 Å². The molecule has 0 radical (unpaired) electrons. The topological polar surface area (TPSA) is 31.2 Å². The van der Waals surface area contributed by atoms with Gasteiger partial charge in [-0.2, -0.15) is 0 Å². The molecule has 0 aromatic carbocycles. The Morgan fingerprint density at radius 3 is 2.43 bits per heavy atom. The molecule has 0 atom stereocenters. The Morgan fingerprint density at radius 2 is 1.95 bits per heavy atom. The maximum Gasteiger partial charge on any atom is 0.309 e. The molecule has 3 nitrogen and oxygen atoms in total. The molecule has 0 fully saturated rings. The number of aryl methyl sites for hydroxylation is 2. The van der Waals surface area contributed by atoms with Crippen LogP contribution in [0.25, 0.3) is 6.08 Å². The van der Waals surface area contributed by atoms with E-state index < -0.39 is 0 Å².